The molecule has 0 unspecified atom stereocenters. The molecule has 28 heavy (non-hydrogen) atoms. The van der Waals surface area contributed by atoms with Gasteiger partial charge in [0.25, 0.3) is 0 Å². The number of rotatable bonds is 6. The summed E-state index contributed by atoms with van der Waals surface area (Å²) in [4.78, 5) is 17.6. The van der Waals surface area contributed by atoms with Crippen LogP contribution in [0.5, 0.6) is 11.8 Å². The quantitative estimate of drug-likeness (QED) is 0.827. The van der Waals surface area contributed by atoms with Crippen LogP contribution >= 0.6 is 0 Å². The second-order valence-corrected chi connectivity index (χ2v) is 7.77. The van der Waals surface area contributed by atoms with Crippen molar-refractivity contribution < 1.29 is 19.4 Å². The van der Waals surface area contributed by atoms with Gasteiger partial charge >= 0.3 is 5.97 Å². The van der Waals surface area contributed by atoms with Gasteiger partial charge in [-0.3, -0.25) is 4.79 Å². The molecule has 4 rings (SSSR count). The predicted octanol–water partition coefficient (Wildman–Crippen LogP) is 3.17. The van der Waals surface area contributed by atoms with E-state index in [1.807, 2.05) is 18.2 Å². The summed E-state index contributed by atoms with van der Waals surface area (Å²) in [6, 6.07) is 12.2. The van der Waals surface area contributed by atoms with Crippen molar-refractivity contribution in [1.82, 2.24) is 9.88 Å². The minimum atomic E-state index is -0.739. The van der Waals surface area contributed by atoms with Gasteiger partial charge in [0.2, 0.25) is 11.8 Å². The average Bonchev–Trinajstić information content (AvgIpc) is 3.04. The van der Waals surface area contributed by atoms with Gasteiger partial charge in [0.1, 0.15) is 6.61 Å². The molecular weight excluding hydrogens is 356 g/mol. The topological polar surface area (TPSA) is 71.9 Å². The largest absolute Gasteiger partial charge is 0.481 e. The fraction of sp³-hybridized carbons (Fsp3) is 0.455. The van der Waals surface area contributed by atoms with Crippen molar-refractivity contribution in [3.05, 3.63) is 53.1 Å². The number of fused-ring (bicyclic) bond motifs is 2. The summed E-state index contributed by atoms with van der Waals surface area (Å²) in [5, 5.41) is 8.87. The highest BCUT2D eigenvalue weighted by Gasteiger charge is 2.43. The number of pyridine rings is 1. The van der Waals surface area contributed by atoms with Crippen molar-refractivity contribution in [2.24, 2.45) is 0 Å². The predicted molar refractivity (Wildman–Crippen MR) is 105 cm³/mol. The van der Waals surface area contributed by atoms with E-state index in [9.17, 15) is 4.79 Å². The van der Waals surface area contributed by atoms with E-state index < -0.39 is 5.97 Å². The number of carbonyl (C=O) groups is 1. The van der Waals surface area contributed by atoms with E-state index in [1.54, 1.807) is 0 Å². The lowest BCUT2D eigenvalue weighted by atomic mass is 9.75. The number of likely N-dealkylation sites (tertiary alicyclic amines) is 1. The van der Waals surface area contributed by atoms with Crippen LogP contribution in [0.4, 0.5) is 0 Å². The number of hydrogen-bond donors (Lipinski definition) is 1. The summed E-state index contributed by atoms with van der Waals surface area (Å²) in [6.45, 7) is 5.60. The Morgan fingerprint density at radius 3 is 2.79 bits per heavy atom. The maximum atomic E-state index is 10.8. The smallest absolute Gasteiger partial charge is 0.304 e. The molecule has 0 amide bonds. The highest BCUT2D eigenvalue weighted by molar-refractivity contribution is 5.66. The van der Waals surface area contributed by atoms with Crippen LogP contribution in [0.3, 0.4) is 0 Å². The molecule has 0 atom stereocenters. The molecule has 0 saturated carbocycles. The van der Waals surface area contributed by atoms with Gasteiger partial charge in [-0.25, -0.2) is 0 Å². The zero-order chi connectivity index (χ0) is 19.6. The summed E-state index contributed by atoms with van der Waals surface area (Å²) in [5.41, 5.74) is 3.51. The fourth-order valence-corrected chi connectivity index (χ4v) is 4.10. The van der Waals surface area contributed by atoms with Crippen LogP contribution in [-0.2, 0) is 16.8 Å². The molecule has 1 N–H and O–H groups in total. The number of ether oxygens (including phenoxy) is 2. The highest BCUT2D eigenvalue weighted by Crippen LogP contribution is 2.45. The standard InChI is InChI=1S/C22H26N2O4/c1-16-4-2-3-5-17(16)14-27-19-7-6-18-21(23-19)28-15-22(18)9-12-24(13-10-22)11-8-20(25)26/h2-7H,8-15H2,1H3,(H,25,26). The van der Waals surface area contributed by atoms with Gasteiger partial charge in [0, 0.05) is 23.6 Å². The molecule has 1 fully saturated rings. The van der Waals surface area contributed by atoms with E-state index in [1.165, 1.54) is 5.56 Å². The molecule has 0 aliphatic carbocycles. The third-order valence-corrected chi connectivity index (χ3v) is 5.98. The Hall–Kier alpha value is -2.60. The number of aliphatic carboxylic acids is 1. The van der Waals surface area contributed by atoms with Gasteiger partial charge in [-0.15, -0.1) is 0 Å². The van der Waals surface area contributed by atoms with E-state index >= 15 is 0 Å². The summed E-state index contributed by atoms with van der Waals surface area (Å²) < 4.78 is 11.8. The average molecular weight is 382 g/mol. The van der Waals surface area contributed by atoms with E-state index in [4.69, 9.17) is 14.6 Å². The molecule has 1 spiro atoms. The summed E-state index contributed by atoms with van der Waals surface area (Å²) in [5.74, 6) is 0.525. The van der Waals surface area contributed by atoms with Crippen LogP contribution < -0.4 is 9.47 Å². The van der Waals surface area contributed by atoms with Gasteiger partial charge in [-0.1, -0.05) is 24.3 Å². The fourth-order valence-electron chi connectivity index (χ4n) is 4.10. The normalized spacial score (nSPS) is 17.9. The molecule has 1 saturated heterocycles. The molecule has 0 bridgehead atoms. The maximum absolute atomic E-state index is 10.8. The minimum absolute atomic E-state index is 0.00337. The molecule has 148 valence electrons. The molecule has 3 heterocycles. The first-order chi connectivity index (χ1) is 13.6. The molecule has 2 aromatic rings. The van der Waals surface area contributed by atoms with Crippen molar-refractivity contribution in [2.75, 3.05) is 26.2 Å². The Balaban J connectivity index is 1.40. The van der Waals surface area contributed by atoms with Crippen molar-refractivity contribution in [2.45, 2.75) is 38.2 Å². The zero-order valence-electron chi connectivity index (χ0n) is 16.2. The number of aryl methyl sites for hydroxylation is 1. The van der Waals surface area contributed by atoms with Crippen molar-refractivity contribution in [1.29, 1.82) is 0 Å². The molecule has 6 nitrogen and oxygen atoms in total. The number of piperidine rings is 1. The van der Waals surface area contributed by atoms with Gasteiger partial charge in [0.05, 0.1) is 13.0 Å². The van der Waals surface area contributed by atoms with E-state index in [0.29, 0.717) is 31.5 Å². The lowest BCUT2D eigenvalue weighted by Gasteiger charge is -2.38. The van der Waals surface area contributed by atoms with Crippen LogP contribution in [0.2, 0.25) is 0 Å². The first-order valence-electron chi connectivity index (χ1n) is 9.82. The Labute approximate surface area is 165 Å². The summed E-state index contributed by atoms with van der Waals surface area (Å²) >= 11 is 0. The molecule has 2 aliphatic heterocycles. The molecular formula is C22H26N2O4. The third-order valence-electron chi connectivity index (χ3n) is 5.98. The number of aromatic nitrogens is 1. The van der Waals surface area contributed by atoms with Crippen molar-refractivity contribution in [3.63, 3.8) is 0 Å². The summed E-state index contributed by atoms with van der Waals surface area (Å²) in [7, 11) is 0. The van der Waals surface area contributed by atoms with Crippen LogP contribution in [0, 0.1) is 6.92 Å². The Morgan fingerprint density at radius 2 is 2.04 bits per heavy atom. The second-order valence-electron chi connectivity index (χ2n) is 7.77. The lowest BCUT2D eigenvalue weighted by Crippen LogP contribution is -2.44. The van der Waals surface area contributed by atoms with Crippen molar-refractivity contribution >= 4 is 5.97 Å². The molecule has 6 heteroatoms. The highest BCUT2D eigenvalue weighted by atomic mass is 16.5. The van der Waals surface area contributed by atoms with Gasteiger partial charge < -0.3 is 19.5 Å². The van der Waals surface area contributed by atoms with Crippen molar-refractivity contribution in [3.8, 4) is 11.8 Å². The minimum Gasteiger partial charge on any atom is -0.481 e. The first kappa shape index (κ1) is 18.7. The number of benzene rings is 1. The molecule has 0 radical (unpaired) electrons. The van der Waals surface area contributed by atoms with Gasteiger partial charge in [-0.2, -0.15) is 4.98 Å². The molecule has 2 aliphatic rings. The number of carboxylic acid groups (broad SMARTS) is 1. The monoisotopic (exact) mass is 382 g/mol. The molecule has 1 aromatic heterocycles. The second kappa shape index (κ2) is 7.80. The number of nitrogens with zero attached hydrogens (tertiary/aromatic N) is 2. The Kier molecular flexibility index (Phi) is 5.22. The Bertz CT molecular complexity index is 859. The zero-order valence-corrected chi connectivity index (χ0v) is 16.2. The van der Waals surface area contributed by atoms with E-state index in [-0.39, 0.29) is 11.8 Å². The van der Waals surface area contributed by atoms with Crippen LogP contribution in [0.15, 0.2) is 36.4 Å². The third kappa shape index (κ3) is 3.83. The van der Waals surface area contributed by atoms with E-state index in [0.717, 1.165) is 37.1 Å². The maximum Gasteiger partial charge on any atom is 0.304 e. The van der Waals surface area contributed by atoms with Crippen LogP contribution in [0.1, 0.15) is 36.0 Å². The number of hydrogen-bond acceptors (Lipinski definition) is 5. The van der Waals surface area contributed by atoms with Crippen LogP contribution in [-0.4, -0.2) is 47.2 Å². The first-order valence-corrected chi connectivity index (χ1v) is 9.82. The Morgan fingerprint density at radius 1 is 1.25 bits per heavy atom. The molecule has 1 aromatic carbocycles. The van der Waals surface area contributed by atoms with Gasteiger partial charge in [0.15, 0.2) is 0 Å². The SMILES string of the molecule is Cc1ccccc1COc1ccc2c(n1)OCC21CCN(CCC(=O)O)CC1. The lowest BCUT2D eigenvalue weighted by molar-refractivity contribution is -0.137. The number of carboxylic acids is 1. The van der Waals surface area contributed by atoms with Crippen LogP contribution in [0.25, 0.3) is 0 Å². The summed E-state index contributed by atoms with van der Waals surface area (Å²) in [6.07, 6.45) is 2.12. The van der Waals surface area contributed by atoms with E-state index in [2.05, 4.69) is 35.0 Å². The van der Waals surface area contributed by atoms with Gasteiger partial charge in [-0.05, 0) is 50.0 Å².